The molecular weight excluding hydrogens is 310 g/mol. The number of rotatable bonds is 6. The van der Waals surface area contributed by atoms with Gasteiger partial charge in [-0.1, -0.05) is 25.8 Å². The SMILES string of the molecule is COc1cccc(OC)c1C(=O)OCC(=O)N[C@@H]1CCCC[C@H]1C. The van der Waals surface area contributed by atoms with Crippen molar-refractivity contribution in [3.63, 3.8) is 0 Å². The maximum atomic E-state index is 12.3. The van der Waals surface area contributed by atoms with Crippen LogP contribution in [0.25, 0.3) is 0 Å². The number of hydrogen-bond acceptors (Lipinski definition) is 5. The highest BCUT2D eigenvalue weighted by molar-refractivity contribution is 5.96. The van der Waals surface area contributed by atoms with E-state index in [1.165, 1.54) is 20.6 Å². The topological polar surface area (TPSA) is 73.9 Å². The first-order valence-corrected chi connectivity index (χ1v) is 8.24. The molecule has 1 aliphatic rings. The van der Waals surface area contributed by atoms with Gasteiger partial charge >= 0.3 is 5.97 Å². The van der Waals surface area contributed by atoms with E-state index >= 15 is 0 Å². The van der Waals surface area contributed by atoms with Crippen molar-refractivity contribution in [3.05, 3.63) is 23.8 Å². The summed E-state index contributed by atoms with van der Waals surface area (Å²) in [4.78, 5) is 24.4. The van der Waals surface area contributed by atoms with Crippen molar-refractivity contribution in [1.29, 1.82) is 0 Å². The van der Waals surface area contributed by atoms with Gasteiger partial charge in [0.15, 0.2) is 6.61 Å². The Hall–Kier alpha value is -2.24. The molecule has 0 spiro atoms. The molecule has 0 aliphatic heterocycles. The van der Waals surface area contributed by atoms with Crippen molar-refractivity contribution in [1.82, 2.24) is 5.32 Å². The predicted octanol–water partition coefficient (Wildman–Crippen LogP) is 2.56. The Balaban J connectivity index is 1.94. The molecule has 0 heterocycles. The number of amides is 1. The van der Waals surface area contributed by atoms with Crippen LogP contribution in [0.5, 0.6) is 11.5 Å². The molecule has 2 rings (SSSR count). The van der Waals surface area contributed by atoms with Gasteiger partial charge in [-0.3, -0.25) is 4.79 Å². The van der Waals surface area contributed by atoms with Gasteiger partial charge in [-0.05, 0) is 30.9 Å². The van der Waals surface area contributed by atoms with Gasteiger partial charge in [0.1, 0.15) is 17.1 Å². The van der Waals surface area contributed by atoms with Gasteiger partial charge in [0, 0.05) is 6.04 Å². The molecule has 6 heteroatoms. The smallest absolute Gasteiger partial charge is 0.346 e. The van der Waals surface area contributed by atoms with Crippen LogP contribution in [0, 0.1) is 5.92 Å². The third-order valence-corrected chi connectivity index (χ3v) is 4.42. The third-order valence-electron chi connectivity index (χ3n) is 4.42. The summed E-state index contributed by atoms with van der Waals surface area (Å²) >= 11 is 0. The third kappa shape index (κ3) is 4.40. The minimum atomic E-state index is -0.642. The molecule has 1 N–H and O–H groups in total. The first-order valence-electron chi connectivity index (χ1n) is 8.24. The summed E-state index contributed by atoms with van der Waals surface area (Å²) < 4.78 is 15.5. The minimum Gasteiger partial charge on any atom is -0.496 e. The first kappa shape index (κ1) is 18.1. The molecule has 6 nitrogen and oxygen atoms in total. The maximum absolute atomic E-state index is 12.3. The molecule has 1 amide bonds. The first-order chi connectivity index (χ1) is 11.6. The van der Waals surface area contributed by atoms with E-state index in [1.54, 1.807) is 18.2 Å². The summed E-state index contributed by atoms with van der Waals surface area (Å²) in [5, 5.41) is 2.95. The van der Waals surface area contributed by atoms with Crippen molar-refractivity contribution in [2.75, 3.05) is 20.8 Å². The van der Waals surface area contributed by atoms with Gasteiger partial charge in [0.25, 0.3) is 5.91 Å². The van der Waals surface area contributed by atoms with Crippen LogP contribution in [-0.4, -0.2) is 38.7 Å². The highest BCUT2D eigenvalue weighted by Crippen LogP contribution is 2.29. The molecule has 0 radical (unpaired) electrons. The molecule has 1 aromatic rings. The van der Waals surface area contributed by atoms with E-state index in [1.807, 2.05) is 0 Å². The lowest BCUT2D eigenvalue weighted by Gasteiger charge is -2.29. The Labute approximate surface area is 142 Å². The zero-order valence-electron chi connectivity index (χ0n) is 14.5. The average molecular weight is 335 g/mol. The van der Waals surface area contributed by atoms with Crippen molar-refractivity contribution >= 4 is 11.9 Å². The zero-order valence-corrected chi connectivity index (χ0v) is 14.5. The molecule has 0 unspecified atom stereocenters. The van der Waals surface area contributed by atoms with Crippen LogP contribution in [0.15, 0.2) is 18.2 Å². The molecule has 1 saturated carbocycles. The van der Waals surface area contributed by atoms with Crippen LogP contribution < -0.4 is 14.8 Å². The van der Waals surface area contributed by atoms with Crippen LogP contribution in [0.3, 0.4) is 0 Å². The molecule has 0 bridgehead atoms. The van der Waals surface area contributed by atoms with Crippen molar-refractivity contribution in [2.45, 2.75) is 38.6 Å². The quantitative estimate of drug-likeness (QED) is 0.809. The fraction of sp³-hybridized carbons (Fsp3) is 0.556. The number of benzene rings is 1. The molecule has 132 valence electrons. The number of carbonyl (C=O) groups is 2. The van der Waals surface area contributed by atoms with Gasteiger partial charge in [-0.15, -0.1) is 0 Å². The van der Waals surface area contributed by atoms with Crippen molar-refractivity contribution < 1.29 is 23.8 Å². The number of esters is 1. The fourth-order valence-electron chi connectivity index (χ4n) is 3.03. The highest BCUT2D eigenvalue weighted by Gasteiger charge is 2.24. The standard InChI is InChI=1S/C18H25NO5/c1-12-7-4-5-8-13(12)19-16(20)11-24-18(21)17-14(22-2)9-6-10-15(17)23-3/h6,9-10,12-13H,4-5,7-8,11H2,1-3H3,(H,19,20)/t12-,13-/m1/s1. The lowest BCUT2D eigenvalue weighted by molar-refractivity contribution is -0.125. The number of nitrogens with one attached hydrogen (secondary N) is 1. The summed E-state index contributed by atoms with van der Waals surface area (Å²) in [6.45, 7) is 1.82. The van der Waals surface area contributed by atoms with E-state index in [0.29, 0.717) is 17.4 Å². The van der Waals surface area contributed by atoms with E-state index in [9.17, 15) is 9.59 Å². The predicted molar refractivity (Wildman–Crippen MR) is 89.4 cm³/mol. The van der Waals surface area contributed by atoms with Gasteiger partial charge in [0.2, 0.25) is 0 Å². The largest absolute Gasteiger partial charge is 0.496 e. The summed E-state index contributed by atoms with van der Waals surface area (Å²) in [7, 11) is 2.92. The van der Waals surface area contributed by atoms with Crippen LogP contribution in [-0.2, 0) is 9.53 Å². The van der Waals surface area contributed by atoms with Gasteiger partial charge < -0.3 is 19.5 Å². The minimum absolute atomic E-state index is 0.158. The monoisotopic (exact) mass is 335 g/mol. The van der Waals surface area contributed by atoms with Crippen molar-refractivity contribution in [3.8, 4) is 11.5 Å². The normalized spacial score (nSPS) is 20.1. The number of carbonyl (C=O) groups excluding carboxylic acids is 2. The lowest BCUT2D eigenvalue weighted by Crippen LogP contribution is -2.42. The molecular formula is C18H25NO5. The molecule has 0 saturated heterocycles. The van der Waals surface area contributed by atoms with Crippen LogP contribution in [0.1, 0.15) is 43.0 Å². The Kier molecular flexibility index (Phi) is 6.46. The fourth-order valence-corrected chi connectivity index (χ4v) is 3.03. The Morgan fingerprint density at radius 1 is 1.12 bits per heavy atom. The Morgan fingerprint density at radius 2 is 1.75 bits per heavy atom. The van der Waals surface area contributed by atoms with Crippen molar-refractivity contribution in [2.24, 2.45) is 5.92 Å². The van der Waals surface area contributed by atoms with E-state index in [2.05, 4.69) is 12.2 Å². The summed E-state index contributed by atoms with van der Waals surface area (Å²) in [6.07, 6.45) is 4.41. The Morgan fingerprint density at radius 3 is 2.33 bits per heavy atom. The second-order valence-corrected chi connectivity index (χ2v) is 6.05. The van der Waals surface area contributed by atoms with E-state index in [-0.39, 0.29) is 24.1 Å². The molecule has 0 aromatic heterocycles. The summed E-state index contributed by atoms with van der Waals surface area (Å²) in [5.74, 6) is 0.223. The second-order valence-electron chi connectivity index (χ2n) is 6.05. The van der Waals surface area contributed by atoms with E-state index in [4.69, 9.17) is 14.2 Å². The maximum Gasteiger partial charge on any atom is 0.346 e. The Bertz CT molecular complexity index is 565. The van der Waals surface area contributed by atoms with Crippen LogP contribution in [0.4, 0.5) is 0 Å². The van der Waals surface area contributed by atoms with Gasteiger partial charge in [0.05, 0.1) is 14.2 Å². The summed E-state index contributed by atoms with van der Waals surface area (Å²) in [6, 6.07) is 5.16. The molecule has 2 atom stereocenters. The molecule has 1 aromatic carbocycles. The average Bonchev–Trinajstić information content (AvgIpc) is 2.60. The summed E-state index contributed by atoms with van der Waals surface area (Å²) in [5.41, 5.74) is 0.182. The number of hydrogen-bond donors (Lipinski definition) is 1. The zero-order chi connectivity index (χ0) is 17.5. The van der Waals surface area contributed by atoms with Crippen LogP contribution in [0.2, 0.25) is 0 Å². The number of methoxy groups -OCH3 is 2. The second kappa shape index (κ2) is 8.57. The van der Waals surface area contributed by atoms with Gasteiger partial charge in [-0.25, -0.2) is 4.79 Å². The molecule has 1 fully saturated rings. The van der Waals surface area contributed by atoms with E-state index < -0.39 is 5.97 Å². The molecule has 24 heavy (non-hydrogen) atoms. The highest BCUT2D eigenvalue weighted by atomic mass is 16.5. The van der Waals surface area contributed by atoms with E-state index in [0.717, 1.165) is 19.3 Å². The van der Waals surface area contributed by atoms with Crippen LogP contribution >= 0.6 is 0 Å². The lowest BCUT2D eigenvalue weighted by atomic mass is 9.86. The molecule has 1 aliphatic carbocycles. The number of ether oxygens (including phenoxy) is 3. The van der Waals surface area contributed by atoms with Gasteiger partial charge in [-0.2, -0.15) is 0 Å².